The van der Waals surface area contributed by atoms with Crippen molar-refractivity contribution in [1.82, 2.24) is 10.2 Å². The summed E-state index contributed by atoms with van der Waals surface area (Å²) in [7, 11) is 0. The van der Waals surface area contributed by atoms with Crippen molar-refractivity contribution in [3.63, 3.8) is 0 Å². The van der Waals surface area contributed by atoms with E-state index in [1.165, 1.54) is 5.56 Å². The molecular weight excluding hydrogens is 351 g/mol. The molecule has 2 saturated heterocycles. The fraction of sp³-hybridized carbons (Fsp3) is 0.647. The predicted molar refractivity (Wildman–Crippen MR) is 97.8 cm³/mol. The second-order valence-electron chi connectivity index (χ2n) is 6.29. The fourth-order valence-corrected chi connectivity index (χ4v) is 3.87. The van der Waals surface area contributed by atoms with Gasteiger partial charge in [-0.05, 0) is 36.5 Å². The molecule has 0 unspecified atom stereocenters. The van der Waals surface area contributed by atoms with Crippen molar-refractivity contribution in [2.45, 2.75) is 18.9 Å². The minimum absolute atomic E-state index is 0. The molecule has 1 aromatic rings. The summed E-state index contributed by atoms with van der Waals surface area (Å²) in [6.07, 6.45) is 2.28. The van der Waals surface area contributed by atoms with Crippen LogP contribution in [-0.2, 0) is 4.74 Å². The highest BCUT2D eigenvalue weighted by atomic mass is 35.5. The molecule has 7 heteroatoms. The van der Waals surface area contributed by atoms with Crippen LogP contribution >= 0.6 is 24.8 Å². The SMILES string of the molecule is Cl.Cl.c1cc2c(cc1[C@@H](C1CCOCC1)N1CCNCC1)OCO2. The predicted octanol–water partition coefficient (Wildman–Crippen LogP) is 2.63. The minimum Gasteiger partial charge on any atom is -0.454 e. The third kappa shape index (κ3) is 4.09. The van der Waals surface area contributed by atoms with Crippen LogP contribution in [0.15, 0.2) is 18.2 Å². The van der Waals surface area contributed by atoms with Gasteiger partial charge in [-0.1, -0.05) is 6.07 Å². The van der Waals surface area contributed by atoms with Crippen molar-refractivity contribution >= 4 is 24.8 Å². The zero-order valence-corrected chi connectivity index (χ0v) is 15.4. The van der Waals surface area contributed by atoms with Gasteiger partial charge in [0.05, 0.1) is 0 Å². The Bertz CT molecular complexity index is 503. The van der Waals surface area contributed by atoms with E-state index in [0.717, 1.165) is 63.7 Å². The third-order valence-electron chi connectivity index (χ3n) is 5.00. The molecule has 0 radical (unpaired) electrons. The Morgan fingerprint density at radius 1 is 1.00 bits per heavy atom. The largest absolute Gasteiger partial charge is 0.454 e. The summed E-state index contributed by atoms with van der Waals surface area (Å²) in [6, 6.07) is 6.92. The Balaban J connectivity index is 0.00000104. The molecule has 3 heterocycles. The van der Waals surface area contributed by atoms with Crippen molar-refractivity contribution in [2.24, 2.45) is 5.92 Å². The summed E-state index contributed by atoms with van der Waals surface area (Å²) in [5.74, 6) is 2.42. The Hall–Kier alpha value is -0.720. The van der Waals surface area contributed by atoms with Gasteiger partial charge in [-0.2, -0.15) is 0 Å². The van der Waals surface area contributed by atoms with Gasteiger partial charge in [0.25, 0.3) is 0 Å². The molecule has 1 atom stereocenters. The average Bonchev–Trinajstić information content (AvgIpc) is 3.05. The summed E-state index contributed by atoms with van der Waals surface area (Å²) in [4.78, 5) is 2.63. The van der Waals surface area contributed by atoms with Gasteiger partial charge >= 0.3 is 0 Å². The van der Waals surface area contributed by atoms with Crippen LogP contribution in [0.25, 0.3) is 0 Å². The third-order valence-corrected chi connectivity index (χ3v) is 5.00. The summed E-state index contributed by atoms with van der Waals surface area (Å²) < 4.78 is 16.6. The van der Waals surface area contributed by atoms with Gasteiger partial charge in [-0.25, -0.2) is 0 Å². The van der Waals surface area contributed by atoms with Crippen LogP contribution in [0.4, 0.5) is 0 Å². The molecule has 5 nitrogen and oxygen atoms in total. The number of rotatable bonds is 3. The summed E-state index contributed by atoms with van der Waals surface area (Å²) in [5, 5.41) is 3.45. The van der Waals surface area contributed by atoms with E-state index in [1.54, 1.807) is 0 Å². The highest BCUT2D eigenvalue weighted by Gasteiger charge is 2.32. The molecule has 0 amide bonds. The number of fused-ring (bicyclic) bond motifs is 1. The number of nitrogens with zero attached hydrogens (tertiary/aromatic N) is 1. The number of nitrogens with one attached hydrogen (secondary N) is 1. The molecule has 24 heavy (non-hydrogen) atoms. The topological polar surface area (TPSA) is 43.0 Å². The van der Waals surface area contributed by atoms with Gasteiger partial charge < -0.3 is 19.5 Å². The molecule has 4 rings (SSSR count). The molecule has 0 aromatic heterocycles. The number of piperazine rings is 1. The van der Waals surface area contributed by atoms with Crippen molar-refractivity contribution in [3.05, 3.63) is 23.8 Å². The lowest BCUT2D eigenvalue weighted by molar-refractivity contribution is 0.0212. The van der Waals surface area contributed by atoms with Crippen LogP contribution in [0.2, 0.25) is 0 Å². The quantitative estimate of drug-likeness (QED) is 0.877. The molecule has 1 aromatic carbocycles. The second kappa shape index (κ2) is 9.11. The maximum Gasteiger partial charge on any atom is 0.231 e. The minimum atomic E-state index is 0. The number of hydrogen-bond donors (Lipinski definition) is 1. The number of halogens is 2. The highest BCUT2D eigenvalue weighted by molar-refractivity contribution is 5.85. The van der Waals surface area contributed by atoms with E-state index >= 15 is 0 Å². The van der Waals surface area contributed by atoms with Gasteiger partial charge in [0, 0.05) is 45.4 Å². The summed E-state index contributed by atoms with van der Waals surface area (Å²) in [5.41, 5.74) is 1.36. The highest BCUT2D eigenvalue weighted by Crippen LogP contribution is 2.40. The van der Waals surface area contributed by atoms with Crippen molar-refractivity contribution in [3.8, 4) is 11.5 Å². The lowest BCUT2D eigenvalue weighted by atomic mass is 9.85. The lowest BCUT2D eigenvalue weighted by Crippen LogP contribution is -2.47. The van der Waals surface area contributed by atoms with Crippen LogP contribution in [0.5, 0.6) is 11.5 Å². The van der Waals surface area contributed by atoms with Gasteiger partial charge in [0.2, 0.25) is 6.79 Å². The van der Waals surface area contributed by atoms with E-state index in [2.05, 4.69) is 28.4 Å². The van der Waals surface area contributed by atoms with E-state index in [0.29, 0.717) is 18.8 Å². The lowest BCUT2D eigenvalue weighted by Gasteiger charge is -2.41. The van der Waals surface area contributed by atoms with E-state index in [4.69, 9.17) is 14.2 Å². The Morgan fingerprint density at radius 2 is 1.71 bits per heavy atom. The van der Waals surface area contributed by atoms with Crippen LogP contribution in [0.1, 0.15) is 24.4 Å². The molecule has 0 aliphatic carbocycles. The van der Waals surface area contributed by atoms with Crippen LogP contribution in [0.3, 0.4) is 0 Å². The number of hydrogen-bond acceptors (Lipinski definition) is 5. The fourth-order valence-electron chi connectivity index (χ4n) is 3.87. The van der Waals surface area contributed by atoms with E-state index in [1.807, 2.05) is 0 Å². The van der Waals surface area contributed by atoms with Gasteiger partial charge in [-0.15, -0.1) is 24.8 Å². The molecule has 3 aliphatic heterocycles. The molecule has 2 fully saturated rings. The Labute approximate surface area is 155 Å². The summed E-state index contributed by atoms with van der Waals surface area (Å²) >= 11 is 0. The first-order chi connectivity index (χ1) is 10.9. The van der Waals surface area contributed by atoms with E-state index in [9.17, 15) is 0 Å². The molecule has 0 spiro atoms. The number of benzene rings is 1. The molecule has 3 aliphatic rings. The van der Waals surface area contributed by atoms with Crippen molar-refractivity contribution < 1.29 is 14.2 Å². The van der Waals surface area contributed by atoms with Crippen molar-refractivity contribution in [2.75, 3.05) is 46.2 Å². The number of ether oxygens (including phenoxy) is 3. The monoisotopic (exact) mass is 376 g/mol. The molecule has 1 N–H and O–H groups in total. The zero-order valence-electron chi connectivity index (χ0n) is 13.7. The van der Waals surface area contributed by atoms with Gasteiger partial charge in [-0.3, -0.25) is 4.90 Å². The van der Waals surface area contributed by atoms with Crippen LogP contribution in [0, 0.1) is 5.92 Å². The molecule has 136 valence electrons. The smallest absolute Gasteiger partial charge is 0.231 e. The molecule has 0 bridgehead atoms. The first kappa shape index (κ1) is 19.6. The summed E-state index contributed by atoms with van der Waals surface area (Å²) in [6.45, 7) is 6.48. The molecular formula is C17H26Cl2N2O3. The zero-order chi connectivity index (χ0) is 14.8. The van der Waals surface area contributed by atoms with E-state index in [-0.39, 0.29) is 24.8 Å². The maximum atomic E-state index is 5.59. The van der Waals surface area contributed by atoms with Crippen LogP contribution in [-0.4, -0.2) is 51.1 Å². The van der Waals surface area contributed by atoms with Crippen molar-refractivity contribution in [1.29, 1.82) is 0 Å². The average molecular weight is 377 g/mol. The second-order valence-corrected chi connectivity index (χ2v) is 6.29. The van der Waals surface area contributed by atoms with E-state index < -0.39 is 0 Å². The maximum absolute atomic E-state index is 5.59. The molecule has 0 saturated carbocycles. The first-order valence-corrected chi connectivity index (χ1v) is 8.34. The Kier molecular flexibility index (Phi) is 7.44. The van der Waals surface area contributed by atoms with Crippen LogP contribution < -0.4 is 14.8 Å². The Morgan fingerprint density at radius 3 is 2.46 bits per heavy atom. The van der Waals surface area contributed by atoms with Gasteiger partial charge in [0.1, 0.15) is 0 Å². The first-order valence-electron chi connectivity index (χ1n) is 8.34. The standard InChI is InChI=1S/C17H24N2O3.2ClH/c1-2-15-16(22-12-21-15)11-14(1)17(13-3-9-20-10-4-13)19-7-5-18-6-8-19;;/h1-2,11,13,17-18H,3-10,12H2;2*1H/t17-;;/m1../s1. The van der Waals surface area contributed by atoms with Gasteiger partial charge in [0.15, 0.2) is 11.5 Å². The normalized spacial score (nSPS) is 22.3.